The second-order valence-electron chi connectivity index (χ2n) is 3.34. The predicted molar refractivity (Wildman–Crippen MR) is 58.5 cm³/mol. The molecule has 0 aliphatic carbocycles. The molecule has 0 spiro atoms. The van der Waals surface area contributed by atoms with E-state index in [2.05, 4.69) is 0 Å². The van der Waals surface area contributed by atoms with Crippen LogP contribution in [-0.2, 0) is 20.8 Å². The topological polar surface area (TPSA) is 27.7 Å². The van der Waals surface area contributed by atoms with E-state index in [1.807, 2.05) is 37.3 Å². The number of methoxy groups -OCH3 is 2. The van der Waals surface area contributed by atoms with Gasteiger partial charge >= 0.3 is 0 Å². The molecule has 0 saturated heterocycles. The second-order valence-corrected chi connectivity index (χ2v) is 3.34. The summed E-state index contributed by atoms with van der Waals surface area (Å²) in [6.45, 7) is 2.51. The van der Waals surface area contributed by atoms with E-state index in [9.17, 15) is 0 Å². The highest BCUT2D eigenvalue weighted by Gasteiger charge is 2.15. The first kappa shape index (κ1) is 12.2. The summed E-state index contributed by atoms with van der Waals surface area (Å²) in [4.78, 5) is 0. The molecule has 0 radical (unpaired) electrons. The summed E-state index contributed by atoms with van der Waals surface area (Å²) in [5.74, 6) is 0. The van der Waals surface area contributed by atoms with Crippen molar-refractivity contribution >= 4 is 0 Å². The van der Waals surface area contributed by atoms with Gasteiger partial charge in [-0.1, -0.05) is 30.3 Å². The van der Waals surface area contributed by atoms with Crippen LogP contribution in [0.25, 0.3) is 0 Å². The van der Waals surface area contributed by atoms with Crippen LogP contribution in [0.3, 0.4) is 0 Å². The summed E-state index contributed by atoms with van der Waals surface area (Å²) in [6.07, 6.45) is -0.395. The van der Waals surface area contributed by atoms with Crippen LogP contribution in [0.15, 0.2) is 30.3 Å². The van der Waals surface area contributed by atoms with Crippen molar-refractivity contribution in [2.75, 3.05) is 14.2 Å². The zero-order chi connectivity index (χ0) is 11.1. The molecular weight excluding hydrogens is 192 g/mol. The summed E-state index contributed by atoms with van der Waals surface area (Å²) < 4.78 is 15.8. The van der Waals surface area contributed by atoms with Crippen molar-refractivity contribution in [3.63, 3.8) is 0 Å². The molecule has 1 aromatic carbocycles. The van der Waals surface area contributed by atoms with Gasteiger partial charge in [0.25, 0.3) is 0 Å². The third-order valence-electron chi connectivity index (χ3n) is 2.20. The van der Waals surface area contributed by atoms with Crippen molar-refractivity contribution < 1.29 is 14.2 Å². The predicted octanol–water partition coefficient (Wildman–Crippen LogP) is 2.21. The first-order valence-corrected chi connectivity index (χ1v) is 4.99. The fourth-order valence-corrected chi connectivity index (χ4v) is 1.36. The van der Waals surface area contributed by atoms with E-state index in [1.54, 1.807) is 14.2 Å². The van der Waals surface area contributed by atoms with Crippen LogP contribution in [0.5, 0.6) is 0 Å². The molecule has 0 fully saturated rings. The van der Waals surface area contributed by atoms with Crippen LogP contribution >= 0.6 is 0 Å². The van der Waals surface area contributed by atoms with Gasteiger partial charge in [0.2, 0.25) is 0 Å². The largest absolute Gasteiger partial charge is 0.369 e. The lowest BCUT2D eigenvalue weighted by molar-refractivity contribution is -0.178. The highest BCUT2D eigenvalue weighted by atomic mass is 16.7. The van der Waals surface area contributed by atoms with E-state index < -0.39 is 0 Å². The Morgan fingerprint density at radius 2 is 1.67 bits per heavy atom. The quantitative estimate of drug-likeness (QED) is 0.674. The Kier molecular flexibility index (Phi) is 5.32. The van der Waals surface area contributed by atoms with Gasteiger partial charge in [-0.05, 0) is 12.5 Å². The molecule has 15 heavy (non-hydrogen) atoms. The lowest BCUT2D eigenvalue weighted by Crippen LogP contribution is -2.29. The van der Waals surface area contributed by atoms with Gasteiger partial charge in [-0.3, -0.25) is 0 Å². The molecule has 0 amide bonds. The van der Waals surface area contributed by atoms with Gasteiger partial charge in [-0.15, -0.1) is 0 Å². The van der Waals surface area contributed by atoms with E-state index >= 15 is 0 Å². The lowest BCUT2D eigenvalue weighted by atomic mass is 10.2. The first-order valence-electron chi connectivity index (χ1n) is 4.99. The SMILES string of the molecule is COC(OC)[C@@H](C)OCc1ccccc1. The molecule has 1 rings (SSSR count). The lowest BCUT2D eigenvalue weighted by Gasteiger charge is -2.21. The highest BCUT2D eigenvalue weighted by molar-refractivity contribution is 5.13. The maximum Gasteiger partial charge on any atom is 0.182 e. The molecule has 1 atom stereocenters. The van der Waals surface area contributed by atoms with E-state index in [1.165, 1.54) is 0 Å². The standard InChI is InChI=1S/C12H18O3/c1-10(12(13-2)14-3)15-9-11-7-5-4-6-8-11/h4-8,10,12H,9H2,1-3H3/t10-/m1/s1. The fourth-order valence-electron chi connectivity index (χ4n) is 1.36. The minimum absolute atomic E-state index is 0.0831. The Balaban J connectivity index is 2.36. The average Bonchev–Trinajstić information content (AvgIpc) is 2.29. The van der Waals surface area contributed by atoms with Crippen molar-refractivity contribution in [1.29, 1.82) is 0 Å². The zero-order valence-corrected chi connectivity index (χ0v) is 9.47. The maximum absolute atomic E-state index is 5.62. The van der Waals surface area contributed by atoms with Crippen molar-refractivity contribution in [2.45, 2.75) is 25.9 Å². The van der Waals surface area contributed by atoms with Crippen LogP contribution in [0.1, 0.15) is 12.5 Å². The second kappa shape index (κ2) is 6.56. The van der Waals surface area contributed by atoms with Gasteiger partial charge in [0.05, 0.1) is 6.61 Å². The van der Waals surface area contributed by atoms with Crippen molar-refractivity contribution in [2.24, 2.45) is 0 Å². The van der Waals surface area contributed by atoms with Crippen LogP contribution in [0.4, 0.5) is 0 Å². The number of benzene rings is 1. The van der Waals surface area contributed by atoms with E-state index in [0.717, 1.165) is 5.56 Å². The highest BCUT2D eigenvalue weighted by Crippen LogP contribution is 2.08. The van der Waals surface area contributed by atoms with Gasteiger partial charge in [-0.2, -0.15) is 0 Å². The van der Waals surface area contributed by atoms with E-state index in [4.69, 9.17) is 14.2 Å². The zero-order valence-electron chi connectivity index (χ0n) is 9.47. The van der Waals surface area contributed by atoms with Crippen LogP contribution in [-0.4, -0.2) is 26.6 Å². The fraction of sp³-hybridized carbons (Fsp3) is 0.500. The Hall–Kier alpha value is -0.900. The van der Waals surface area contributed by atoms with Crippen molar-refractivity contribution in [3.05, 3.63) is 35.9 Å². The maximum atomic E-state index is 5.62. The number of hydrogen-bond donors (Lipinski definition) is 0. The normalized spacial score (nSPS) is 13.1. The molecule has 0 unspecified atom stereocenters. The van der Waals surface area contributed by atoms with Gasteiger partial charge in [0, 0.05) is 14.2 Å². The molecule has 3 heteroatoms. The third kappa shape index (κ3) is 4.00. The molecule has 0 aliphatic rings. The number of rotatable bonds is 6. The molecule has 84 valence electrons. The Labute approximate surface area is 91.0 Å². The molecule has 1 aromatic rings. The van der Waals surface area contributed by atoms with Crippen LogP contribution in [0.2, 0.25) is 0 Å². The van der Waals surface area contributed by atoms with Crippen molar-refractivity contribution in [3.8, 4) is 0 Å². The van der Waals surface area contributed by atoms with Gasteiger partial charge in [0.15, 0.2) is 6.29 Å². The summed E-state index contributed by atoms with van der Waals surface area (Å²) in [5, 5.41) is 0. The Morgan fingerprint density at radius 3 is 2.20 bits per heavy atom. The molecule has 0 aromatic heterocycles. The molecule has 0 saturated carbocycles. The van der Waals surface area contributed by atoms with Crippen LogP contribution < -0.4 is 0 Å². The van der Waals surface area contributed by atoms with Crippen molar-refractivity contribution in [1.82, 2.24) is 0 Å². The Morgan fingerprint density at radius 1 is 1.07 bits per heavy atom. The van der Waals surface area contributed by atoms with Gasteiger partial charge < -0.3 is 14.2 Å². The molecule has 0 aliphatic heterocycles. The molecule has 3 nitrogen and oxygen atoms in total. The number of ether oxygens (including phenoxy) is 3. The molecular formula is C12H18O3. The van der Waals surface area contributed by atoms with Gasteiger partial charge in [-0.25, -0.2) is 0 Å². The summed E-state index contributed by atoms with van der Waals surface area (Å²) >= 11 is 0. The molecule has 0 heterocycles. The van der Waals surface area contributed by atoms with Crippen LogP contribution in [0, 0.1) is 0 Å². The van der Waals surface area contributed by atoms with Gasteiger partial charge in [0.1, 0.15) is 6.10 Å². The monoisotopic (exact) mass is 210 g/mol. The molecule has 0 N–H and O–H groups in total. The smallest absolute Gasteiger partial charge is 0.182 e. The average molecular weight is 210 g/mol. The summed E-state index contributed by atoms with van der Waals surface area (Å²) in [5.41, 5.74) is 1.15. The summed E-state index contributed by atoms with van der Waals surface area (Å²) in [6, 6.07) is 10.0. The summed E-state index contributed by atoms with van der Waals surface area (Å²) in [7, 11) is 3.22. The Bertz CT molecular complexity index is 257. The number of hydrogen-bond acceptors (Lipinski definition) is 3. The first-order chi connectivity index (χ1) is 7.27. The third-order valence-corrected chi connectivity index (χ3v) is 2.20. The minimum atomic E-state index is -0.311. The van der Waals surface area contributed by atoms with E-state index in [-0.39, 0.29) is 12.4 Å². The molecule has 0 bridgehead atoms. The minimum Gasteiger partial charge on any atom is -0.369 e. The van der Waals surface area contributed by atoms with E-state index in [0.29, 0.717) is 6.61 Å².